The SMILES string of the molecule is CC(C)c1ccccc1OC(C)c1nc2ccccc2[nH]1. The van der Waals surface area contributed by atoms with Gasteiger partial charge in [0.1, 0.15) is 11.6 Å². The summed E-state index contributed by atoms with van der Waals surface area (Å²) in [5.41, 5.74) is 3.24. The molecule has 0 radical (unpaired) electrons. The van der Waals surface area contributed by atoms with Crippen LogP contribution in [0.1, 0.15) is 44.2 Å². The van der Waals surface area contributed by atoms with Crippen LogP contribution in [0.4, 0.5) is 0 Å². The normalized spacial score (nSPS) is 12.8. The summed E-state index contributed by atoms with van der Waals surface area (Å²) in [5, 5.41) is 0. The van der Waals surface area contributed by atoms with E-state index in [4.69, 9.17) is 4.74 Å². The molecule has 3 rings (SSSR count). The molecule has 1 heterocycles. The molecule has 2 aromatic carbocycles. The van der Waals surface area contributed by atoms with E-state index >= 15 is 0 Å². The van der Waals surface area contributed by atoms with Crippen LogP contribution in [0.15, 0.2) is 48.5 Å². The molecule has 0 saturated heterocycles. The third kappa shape index (κ3) is 2.77. The van der Waals surface area contributed by atoms with E-state index in [0.717, 1.165) is 22.6 Å². The van der Waals surface area contributed by atoms with Gasteiger partial charge in [-0.2, -0.15) is 0 Å². The van der Waals surface area contributed by atoms with Crippen molar-refractivity contribution in [3.63, 3.8) is 0 Å². The highest BCUT2D eigenvalue weighted by molar-refractivity contribution is 5.74. The molecule has 3 nitrogen and oxygen atoms in total. The molecule has 1 aromatic heterocycles. The van der Waals surface area contributed by atoms with E-state index in [9.17, 15) is 0 Å². The Hall–Kier alpha value is -2.29. The van der Waals surface area contributed by atoms with Gasteiger partial charge < -0.3 is 9.72 Å². The standard InChI is InChI=1S/C18H20N2O/c1-12(2)14-8-4-7-11-17(14)21-13(3)18-19-15-9-5-6-10-16(15)20-18/h4-13H,1-3H3,(H,19,20). The van der Waals surface area contributed by atoms with Gasteiger partial charge in [-0.1, -0.05) is 44.2 Å². The molecule has 0 aliphatic carbocycles. The van der Waals surface area contributed by atoms with E-state index in [1.165, 1.54) is 5.56 Å². The van der Waals surface area contributed by atoms with Crippen LogP contribution < -0.4 is 4.74 Å². The first kappa shape index (κ1) is 13.7. The van der Waals surface area contributed by atoms with Crippen molar-refractivity contribution in [1.82, 2.24) is 9.97 Å². The number of hydrogen-bond donors (Lipinski definition) is 1. The molecule has 1 N–H and O–H groups in total. The zero-order valence-electron chi connectivity index (χ0n) is 12.6. The topological polar surface area (TPSA) is 37.9 Å². The molecule has 3 heteroatoms. The quantitative estimate of drug-likeness (QED) is 0.743. The van der Waals surface area contributed by atoms with E-state index in [2.05, 4.69) is 29.9 Å². The van der Waals surface area contributed by atoms with Crippen LogP contribution in [0.3, 0.4) is 0 Å². The average Bonchev–Trinajstić information content (AvgIpc) is 2.91. The molecule has 0 aliphatic heterocycles. The fraction of sp³-hybridized carbons (Fsp3) is 0.278. The number of nitrogens with one attached hydrogen (secondary N) is 1. The van der Waals surface area contributed by atoms with Gasteiger partial charge in [-0.05, 0) is 36.6 Å². The van der Waals surface area contributed by atoms with Crippen molar-refractivity contribution in [3.05, 3.63) is 59.9 Å². The minimum atomic E-state index is -0.114. The number of hydrogen-bond acceptors (Lipinski definition) is 2. The highest BCUT2D eigenvalue weighted by Crippen LogP contribution is 2.29. The number of nitrogens with zero attached hydrogens (tertiary/aromatic N) is 1. The van der Waals surface area contributed by atoms with Crippen molar-refractivity contribution in [2.75, 3.05) is 0 Å². The van der Waals surface area contributed by atoms with Crippen molar-refractivity contribution in [2.45, 2.75) is 32.8 Å². The van der Waals surface area contributed by atoms with Gasteiger partial charge in [0.25, 0.3) is 0 Å². The van der Waals surface area contributed by atoms with Crippen molar-refractivity contribution >= 4 is 11.0 Å². The van der Waals surface area contributed by atoms with Crippen LogP contribution in [0.2, 0.25) is 0 Å². The number of benzene rings is 2. The van der Waals surface area contributed by atoms with E-state index in [1.807, 2.05) is 49.4 Å². The summed E-state index contributed by atoms with van der Waals surface area (Å²) in [6.07, 6.45) is -0.114. The molecule has 0 spiro atoms. The van der Waals surface area contributed by atoms with Gasteiger partial charge in [-0.15, -0.1) is 0 Å². The molecule has 21 heavy (non-hydrogen) atoms. The van der Waals surface area contributed by atoms with Gasteiger partial charge in [0, 0.05) is 0 Å². The zero-order valence-corrected chi connectivity index (χ0v) is 12.6. The Bertz CT molecular complexity index is 713. The molecule has 0 aliphatic rings. The second-order valence-corrected chi connectivity index (χ2v) is 5.59. The predicted molar refractivity (Wildman–Crippen MR) is 85.7 cm³/mol. The van der Waals surface area contributed by atoms with Crippen LogP contribution in [0, 0.1) is 0 Å². The largest absolute Gasteiger partial charge is 0.483 e. The van der Waals surface area contributed by atoms with Crippen LogP contribution >= 0.6 is 0 Å². The first-order valence-corrected chi connectivity index (χ1v) is 7.35. The van der Waals surface area contributed by atoms with Crippen molar-refractivity contribution in [3.8, 4) is 5.75 Å². The van der Waals surface area contributed by atoms with Crippen LogP contribution in [0.25, 0.3) is 11.0 Å². The van der Waals surface area contributed by atoms with Crippen molar-refractivity contribution in [2.24, 2.45) is 0 Å². The third-order valence-corrected chi connectivity index (χ3v) is 3.64. The van der Waals surface area contributed by atoms with Gasteiger partial charge in [0.2, 0.25) is 0 Å². The van der Waals surface area contributed by atoms with Gasteiger partial charge in [0.05, 0.1) is 11.0 Å². The number of aromatic amines is 1. The molecule has 0 saturated carbocycles. The highest BCUT2D eigenvalue weighted by atomic mass is 16.5. The molecule has 0 amide bonds. The van der Waals surface area contributed by atoms with Crippen LogP contribution in [0.5, 0.6) is 5.75 Å². The zero-order chi connectivity index (χ0) is 14.8. The first-order valence-electron chi connectivity index (χ1n) is 7.35. The van der Waals surface area contributed by atoms with Crippen LogP contribution in [-0.4, -0.2) is 9.97 Å². The summed E-state index contributed by atoms with van der Waals surface area (Å²) in [6.45, 7) is 6.37. The van der Waals surface area contributed by atoms with E-state index < -0.39 is 0 Å². The number of fused-ring (bicyclic) bond motifs is 1. The first-order chi connectivity index (χ1) is 10.1. The lowest BCUT2D eigenvalue weighted by Gasteiger charge is -2.17. The second-order valence-electron chi connectivity index (χ2n) is 5.59. The summed E-state index contributed by atoms with van der Waals surface area (Å²) in [4.78, 5) is 7.93. The molecule has 3 aromatic rings. The number of rotatable bonds is 4. The Morgan fingerprint density at radius 1 is 0.952 bits per heavy atom. The Kier molecular flexibility index (Phi) is 3.65. The van der Waals surface area contributed by atoms with E-state index in [0.29, 0.717) is 5.92 Å². The summed E-state index contributed by atoms with van der Waals surface area (Å²) in [5.74, 6) is 2.22. The molecule has 0 bridgehead atoms. The van der Waals surface area contributed by atoms with Gasteiger partial charge in [-0.25, -0.2) is 4.98 Å². The van der Waals surface area contributed by atoms with Crippen molar-refractivity contribution < 1.29 is 4.74 Å². The Morgan fingerprint density at radius 3 is 2.43 bits per heavy atom. The fourth-order valence-electron chi connectivity index (χ4n) is 2.48. The van der Waals surface area contributed by atoms with E-state index in [-0.39, 0.29) is 6.10 Å². The second kappa shape index (κ2) is 5.60. The summed E-state index contributed by atoms with van der Waals surface area (Å²) >= 11 is 0. The molecule has 0 fully saturated rings. The molecular weight excluding hydrogens is 260 g/mol. The summed E-state index contributed by atoms with van der Waals surface area (Å²) < 4.78 is 6.13. The minimum Gasteiger partial charge on any atom is -0.483 e. The molecular formula is C18H20N2O. The van der Waals surface area contributed by atoms with Crippen molar-refractivity contribution in [1.29, 1.82) is 0 Å². The number of ether oxygens (including phenoxy) is 1. The lowest BCUT2D eigenvalue weighted by Crippen LogP contribution is -2.07. The Balaban J connectivity index is 1.87. The third-order valence-electron chi connectivity index (χ3n) is 3.64. The van der Waals surface area contributed by atoms with E-state index in [1.54, 1.807) is 0 Å². The lowest BCUT2D eigenvalue weighted by atomic mass is 10.0. The summed E-state index contributed by atoms with van der Waals surface area (Å²) in [7, 11) is 0. The molecule has 1 unspecified atom stereocenters. The smallest absolute Gasteiger partial charge is 0.153 e. The number of para-hydroxylation sites is 3. The number of H-pyrrole nitrogens is 1. The van der Waals surface area contributed by atoms with Gasteiger partial charge in [-0.3, -0.25) is 0 Å². The lowest BCUT2D eigenvalue weighted by molar-refractivity contribution is 0.215. The van der Waals surface area contributed by atoms with Gasteiger partial charge >= 0.3 is 0 Å². The average molecular weight is 280 g/mol. The van der Waals surface area contributed by atoms with Crippen LogP contribution in [-0.2, 0) is 0 Å². The van der Waals surface area contributed by atoms with Gasteiger partial charge in [0.15, 0.2) is 6.10 Å². The predicted octanol–water partition coefficient (Wildman–Crippen LogP) is 4.83. The number of imidazole rings is 1. The maximum Gasteiger partial charge on any atom is 0.153 e. The molecule has 108 valence electrons. The molecule has 1 atom stereocenters. The minimum absolute atomic E-state index is 0.114. The maximum absolute atomic E-state index is 6.13. The monoisotopic (exact) mass is 280 g/mol. The number of aromatic nitrogens is 2. The fourth-order valence-corrected chi connectivity index (χ4v) is 2.48. The summed E-state index contributed by atoms with van der Waals surface area (Å²) in [6, 6.07) is 16.2. The Morgan fingerprint density at radius 2 is 1.67 bits per heavy atom. The Labute approximate surface area is 125 Å². The maximum atomic E-state index is 6.13. The highest BCUT2D eigenvalue weighted by Gasteiger charge is 2.15.